The second kappa shape index (κ2) is 2.89. The summed E-state index contributed by atoms with van der Waals surface area (Å²) in [7, 11) is 1.98. The van der Waals surface area contributed by atoms with E-state index in [4.69, 9.17) is 4.74 Å². The van der Waals surface area contributed by atoms with Crippen LogP contribution in [0.2, 0.25) is 0 Å². The Labute approximate surface area is 63.0 Å². The molecule has 60 valence electrons. The van der Waals surface area contributed by atoms with Crippen LogP contribution in [0.25, 0.3) is 0 Å². The summed E-state index contributed by atoms with van der Waals surface area (Å²) in [5, 5.41) is 3.24. The summed E-state index contributed by atoms with van der Waals surface area (Å²) in [6.07, 6.45) is 2.46. The summed E-state index contributed by atoms with van der Waals surface area (Å²) in [6, 6.07) is 0. The van der Waals surface area contributed by atoms with Gasteiger partial charge in [-0.2, -0.15) is 0 Å². The minimum Gasteiger partial charge on any atom is -0.361 e. The standard InChI is InChI=1S/C8H17NO/c1-4-10-8(9-3)6-5-7(8)2/h7,9H,4-6H2,1-3H3. The molecule has 2 atom stereocenters. The van der Waals surface area contributed by atoms with Crippen molar-refractivity contribution in [3.63, 3.8) is 0 Å². The molecule has 0 aromatic rings. The van der Waals surface area contributed by atoms with Crippen LogP contribution < -0.4 is 5.32 Å². The second-order valence-corrected chi connectivity index (χ2v) is 3.01. The van der Waals surface area contributed by atoms with E-state index >= 15 is 0 Å². The first-order valence-electron chi connectivity index (χ1n) is 4.08. The zero-order valence-electron chi connectivity index (χ0n) is 7.11. The average molecular weight is 143 g/mol. The zero-order valence-corrected chi connectivity index (χ0v) is 7.11. The van der Waals surface area contributed by atoms with Gasteiger partial charge in [0.15, 0.2) is 0 Å². The summed E-state index contributed by atoms with van der Waals surface area (Å²) < 4.78 is 5.62. The molecule has 1 aliphatic carbocycles. The highest BCUT2D eigenvalue weighted by Gasteiger charge is 2.43. The lowest BCUT2D eigenvalue weighted by molar-refractivity contribution is -0.155. The summed E-state index contributed by atoms with van der Waals surface area (Å²) in [6.45, 7) is 5.09. The first-order chi connectivity index (χ1) is 4.75. The third-order valence-corrected chi connectivity index (χ3v) is 2.57. The van der Waals surface area contributed by atoms with Gasteiger partial charge in [-0.1, -0.05) is 6.92 Å². The Kier molecular flexibility index (Phi) is 2.32. The van der Waals surface area contributed by atoms with Crippen molar-refractivity contribution in [2.45, 2.75) is 32.4 Å². The first-order valence-corrected chi connectivity index (χ1v) is 4.08. The first kappa shape index (κ1) is 8.02. The normalized spacial score (nSPS) is 39.3. The summed E-state index contributed by atoms with van der Waals surface area (Å²) in [5.41, 5.74) is 0.0226. The zero-order chi connectivity index (χ0) is 7.61. The molecule has 0 bridgehead atoms. The third kappa shape index (κ3) is 1.06. The number of hydrogen-bond donors (Lipinski definition) is 1. The molecule has 1 aliphatic rings. The lowest BCUT2D eigenvalue weighted by atomic mass is 9.77. The molecule has 0 radical (unpaired) electrons. The Hall–Kier alpha value is -0.0800. The van der Waals surface area contributed by atoms with Gasteiger partial charge in [-0.15, -0.1) is 0 Å². The predicted octanol–water partition coefficient (Wildman–Crippen LogP) is 1.37. The van der Waals surface area contributed by atoms with Crippen molar-refractivity contribution in [3.8, 4) is 0 Å². The Balaban J connectivity index is 2.43. The van der Waals surface area contributed by atoms with Gasteiger partial charge in [-0.25, -0.2) is 0 Å². The molecule has 1 saturated carbocycles. The van der Waals surface area contributed by atoms with Crippen LogP contribution in [0.4, 0.5) is 0 Å². The molecule has 10 heavy (non-hydrogen) atoms. The maximum Gasteiger partial charge on any atom is 0.121 e. The number of rotatable bonds is 3. The molecule has 0 saturated heterocycles. The van der Waals surface area contributed by atoms with Crippen LogP contribution in [-0.4, -0.2) is 19.4 Å². The van der Waals surface area contributed by atoms with Gasteiger partial charge in [0.2, 0.25) is 0 Å². The van der Waals surface area contributed by atoms with Crippen molar-refractivity contribution in [2.24, 2.45) is 5.92 Å². The summed E-state index contributed by atoms with van der Waals surface area (Å²) in [4.78, 5) is 0. The van der Waals surface area contributed by atoms with Gasteiger partial charge in [0, 0.05) is 6.61 Å². The Morgan fingerprint density at radius 3 is 2.50 bits per heavy atom. The summed E-state index contributed by atoms with van der Waals surface area (Å²) in [5.74, 6) is 0.678. The van der Waals surface area contributed by atoms with E-state index in [9.17, 15) is 0 Å². The molecule has 1 rings (SSSR count). The Morgan fingerprint density at radius 1 is 1.70 bits per heavy atom. The molecule has 1 fully saturated rings. The van der Waals surface area contributed by atoms with Crippen LogP contribution in [0.3, 0.4) is 0 Å². The van der Waals surface area contributed by atoms with Crippen molar-refractivity contribution >= 4 is 0 Å². The molecule has 0 spiro atoms. The fourth-order valence-electron chi connectivity index (χ4n) is 1.61. The largest absolute Gasteiger partial charge is 0.361 e. The van der Waals surface area contributed by atoms with Gasteiger partial charge in [-0.05, 0) is 32.7 Å². The van der Waals surface area contributed by atoms with Crippen molar-refractivity contribution in [1.82, 2.24) is 5.32 Å². The van der Waals surface area contributed by atoms with E-state index in [2.05, 4.69) is 12.2 Å². The maximum absolute atomic E-state index is 5.62. The molecule has 0 heterocycles. The minimum atomic E-state index is 0.0226. The highest BCUT2D eigenvalue weighted by Crippen LogP contribution is 2.38. The highest BCUT2D eigenvalue weighted by molar-refractivity contribution is 4.92. The summed E-state index contributed by atoms with van der Waals surface area (Å²) >= 11 is 0. The van der Waals surface area contributed by atoms with Crippen LogP contribution in [0, 0.1) is 5.92 Å². The third-order valence-electron chi connectivity index (χ3n) is 2.57. The number of ether oxygens (including phenoxy) is 1. The van der Waals surface area contributed by atoms with E-state index in [-0.39, 0.29) is 5.72 Å². The fraction of sp³-hybridized carbons (Fsp3) is 1.00. The van der Waals surface area contributed by atoms with Crippen LogP contribution >= 0.6 is 0 Å². The average Bonchev–Trinajstić information content (AvgIpc) is 1.97. The molecular weight excluding hydrogens is 126 g/mol. The second-order valence-electron chi connectivity index (χ2n) is 3.01. The van der Waals surface area contributed by atoms with Gasteiger partial charge in [0.1, 0.15) is 5.72 Å². The van der Waals surface area contributed by atoms with Gasteiger partial charge >= 0.3 is 0 Å². The number of hydrogen-bond acceptors (Lipinski definition) is 2. The molecular formula is C8H17NO. The fourth-order valence-corrected chi connectivity index (χ4v) is 1.61. The molecule has 0 aliphatic heterocycles. The smallest absolute Gasteiger partial charge is 0.121 e. The molecule has 0 amide bonds. The van der Waals surface area contributed by atoms with Crippen molar-refractivity contribution in [2.75, 3.05) is 13.7 Å². The Bertz CT molecular complexity index is 112. The van der Waals surface area contributed by atoms with Crippen LogP contribution in [-0.2, 0) is 4.74 Å². The molecule has 2 unspecified atom stereocenters. The van der Waals surface area contributed by atoms with Crippen molar-refractivity contribution < 1.29 is 4.74 Å². The SMILES string of the molecule is CCOC1(NC)CCC1C. The quantitative estimate of drug-likeness (QED) is 0.602. The van der Waals surface area contributed by atoms with E-state index in [1.54, 1.807) is 0 Å². The van der Waals surface area contributed by atoms with Crippen LogP contribution in [0.5, 0.6) is 0 Å². The van der Waals surface area contributed by atoms with E-state index in [0.29, 0.717) is 5.92 Å². The number of nitrogens with one attached hydrogen (secondary N) is 1. The van der Waals surface area contributed by atoms with Crippen LogP contribution in [0.1, 0.15) is 26.7 Å². The van der Waals surface area contributed by atoms with Crippen LogP contribution in [0.15, 0.2) is 0 Å². The molecule has 1 N–H and O–H groups in total. The Morgan fingerprint density at radius 2 is 2.40 bits per heavy atom. The molecule has 2 heteroatoms. The van der Waals surface area contributed by atoms with E-state index in [0.717, 1.165) is 6.61 Å². The maximum atomic E-state index is 5.62. The van der Waals surface area contributed by atoms with Gasteiger partial charge in [-0.3, -0.25) is 5.32 Å². The minimum absolute atomic E-state index is 0.0226. The van der Waals surface area contributed by atoms with E-state index in [1.807, 2.05) is 14.0 Å². The predicted molar refractivity (Wildman–Crippen MR) is 41.8 cm³/mol. The lowest BCUT2D eigenvalue weighted by Crippen LogP contribution is -2.57. The van der Waals surface area contributed by atoms with Gasteiger partial charge in [0.25, 0.3) is 0 Å². The molecule has 2 nitrogen and oxygen atoms in total. The molecule has 0 aromatic carbocycles. The lowest BCUT2D eigenvalue weighted by Gasteiger charge is -2.47. The molecule has 0 aromatic heterocycles. The topological polar surface area (TPSA) is 21.3 Å². The van der Waals surface area contributed by atoms with Gasteiger partial charge < -0.3 is 4.74 Å². The monoisotopic (exact) mass is 143 g/mol. The van der Waals surface area contributed by atoms with E-state index < -0.39 is 0 Å². The van der Waals surface area contributed by atoms with Crippen molar-refractivity contribution in [1.29, 1.82) is 0 Å². The van der Waals surface area contributed by atoms with Crippen molar-refractivity contribution in [3.05, 3.63) is 0 Å². The highest BCUT2D eigenvalue weighted by atomic mass is 16.5. The van der Waals surface area contributed by atoms with E-state index in [1.165, 1.54) is 12.8 Å². The van der Waals surface area contributed by atoms with Gasteiger partial charge in [0.05, 0.1) is 0 Å².